The predicted octanol–water partition coefficient (Wildman–Crippen LogP) is 1.13. The Morgan fingerprint density at radius 1 is 1.56 bits per heavy atom. The Morgan fingerprint density at radius 3 is 3.12 bits per heavy atom. The predicted molar refractivity (Wildman–Crippen MR) is 58.5 cm³/mol. The molecule has 16 heavy (non-hydrogen) atoms. The third-order valence-electron chi connectivity index (χ3n) is 2.23. The molecule has 0 saturated heterocycles. The minimum atomic E-state index is 0.215. The van der Waals surface area contributed by atoms with Crippen LogP contribution in [-0.4, -0.2) is 26.2 Å². The second-order valence-electron chi connectivity index (χ2n) is 3.82. The lowest BCUT2D eigenvalue weighted by Crippen LogP contribution is -2.14. The number of hydrogen-bond donors (Lipinski definition) is 2. The highest BCUT2D eigenvalue weighted by atomic mass is 16.5. The summed E-state index contributed by atoms with van der Waals surface area (Å²) in [4.78, 5) is 11.2. The first kappa shape index (κ1) is 10.8. The number of H-pyrrole nitrogens is 1. The molecule has 0 fully saturated rings. The third kappa shape index (κ3) is 2.66. The minimum Gasteiger partial charge on any atom is -0.342 e. The molecule has 86 valence electrons. The van der Waals surface area contributed by atoms with E-state index in [-0.39, 0.29) is 6.04 Å². The van der Waals surface area contributed by atoms with Crippen molar-refractivity contribution in [2.75, 3.05) is 0 Å². The van der Waals surface area contributed by atoms with Crippen molar-refractivity contribution in [2.45, 2.75) is 32.2 Å². The van der Waals surface area contributed by atoms with Gasteiger partial charge in [-0.25, -0.2) is 4.98 Å². The Bertz CT molecular complexity index is 420. The topological polar surface area (TPSA) is 93.6 Å². The van der Waals surface area contributed by atoms with E-state index in [0.29, 0.717) is 17.5 Å². The Morgan fingerprint density at radius 2 is 2.44 bits per heavy atom. The molecule has 0 aliphatic heterocycles. The number of nitrogens with two attached hydrogens (primary N) is 1. The van der Waals surface area contributed by atoms with Crippen LogP contribution in [0.2, 0.25) is 0 Å². The fourth-order valence-corrected chi connectivity index (χ4v) is 1.42. The van der Waals surface area contributed by atoms with Crippen molar-refractivity contribution >= 4 is 0 Å². The van der Waals surface area contributed by atoms with Crippen molar-refractivity contribution in [3.05, 3.63) is 18.3 Å². The molecular weight excluding hydrogens is 206 g/mol. The summed E-state index contributed by atoms with van der Waals surface area (Å²) >= 11 is 0. The number of rotatable bonds is 5. The van der Waals surface area contributed by atoms with E-state index in [9.17, 15) is 0 Å². The van der Waals surface area contributed by atoms with E-state index in [4.69, 9.17) is 10.3 Å². The first-order valence-electron chi connectivity index (χ1n) is 5.33. The lowest BCUT2D eigenvalue weighted by molar-refractivity contribution is 0.373. The molecular formula is C10H15N5O. The molecule has 6 heteroatoms. The molecule has 0 radical (unpaired) electrons. The molecule has 0 aromatic carbocycles. The number of imidazole rings is 1. The van der Waals surface area contributed by atoms with Gasteiger partial charge in [-0.2, -0.15) is 4.98 Å². The number of aromatic amines is 1. The first-order chi connectivity index (χ1) is 7.75. The Hall–Kier alpha value is -1.69. The monoisotopic (exact) mass is 221 g/mol. The molecule has 3 N–H and O–H groups in total. The maximum atomic E-state index is 5.66. The Kier molecular flexibility index (Phi) is 3.31. The average molecular weight is 221 g/mol. The van der Waals surface area contributed by atoms with Crippen LogP contribution in [0.3, 0.4) is 0 Å². The molecule has 0 amide bonds. The van der Waals surface area contributed by atoms with Crippen LogP contribution >= 0.6 is 0 Å². The van der Waals surface area contributed by atoms with Gasteiger partial charge in [-0.15, -0.1) is 0 Å². The van der Waals surface area contributed by atoms with Crippen molar-refractivity contribution < 1.29 is 4.52 Å². The van der Waals surface area contributed by atoms with E-state index in [1.54, 1.807) is 12.4 Å². The summed E-state index contributed by atoms with van der Waals surface area (Å²) in [5, 5.41) is 3.85. The number of aryl methyl sites for hydroxylation is 1. The van der Waals surface area contributed by atoms with E-state index < -0.39 is 0 Å². The van der Waals surface area contributed by atoms with Gasteiger partial charge >= 0.3 is 0 Å². The van der Waals surface area contributed by atoms with Crippen molar-refractivity contribution in [1.82, 2.24) is 20.1 Å². The second-order valence-corrected chi connectivity index (χ2v) is 3.82. The molecule has 0 spiro atoms. The first-order valence-corrected chi connectivity index (χ1v) is 5.33. The van der Waals surface area contributed by atoms with Gasteiger partial charge in [-0.1, -0.05) is 5.16 Å². The normalized spacial score (nSPS) is 12.9. The summed E-state index contributed by atoms with van der Waals surface area (Å²) in [5.74, 6) is 1.76. The lowest BCUT2D eigenvalue weighted by Gasteiger charge is -2.00. The van der Waals surface area contributed by atoms with Crippen molar-refractivity contribution in [3.8, 4) is 11.6 Å². The van der Waals surface area contributed by atoms with E-state index in [1.807, 2.05) is 6.92 Å². The zero-order chi connectivity index (χ0) is 11.4. The van der Waals surface area contributed by atoms with Gasteiger partial charge in [0.2, 0.25) is 11.7 Å². The number of nitrogens with one attached hydrogen (secondary N) is 1. The molecule has 6 nitrogen and oxygen atoms in total. The van der Waals surface area contributed by atoms with Crippen molar-refractivity contribution in [3.63, 3.8) is 0 Å². The molecule has 2 heterocycles. The van der Waals surface area contributed by atoms with E-state index in [0.717, 1.165) is 19.3 Å². The van der Waals surface area contributed by atoms with E-state index in [1.165, 1.54) is 0 Å². The molecule has 2 aromatic rings. The highest BCUT2D eigenvalue weighted by Crippen LogP contribution is 2.11. The summed E-state index contributed by atoms with van der Waals surface area (Å²) in [6.45, 7) is 1.99. The molecule has 1 atom stereocenters. The standard InChI is InChI=1S/C10H15N5O/c1-7(11)3-2-4-8-14-10(15-16-8)9-12-5-6-13-9/h5-7H,2-4,11H2,1H3,(H,12,13). The van der Waals surface area contributed by atoms with Crippen molar-refractivity contribution in [2.24, 2.45) is 5.73 Å². The van der Waals surface area contributed by atoms with Crippen LogP contribution in [0.15, 0.2) is 16.9 Å². The second kappa shape index (κ2) is 4.89. The number of aromatic nitrogens is 4. The fraction of sp³-hybridized carbons (Fsp3) is 0.500. The number of nitrogens with zero attached hydrogens (tertiary/aromatic N) is 3. The number of hydrogen-bond acceptors (Lipinski definition) is 5. The molecule has 0 aliphatic rings. The molecule has 1 unspecified atom stereocenters. The highest BCUT2D eigenvalue weighted by Gasteiger charge is 2.09. The molecule has 2 rings (SSSR count). The van der Waals surface area contributed by atoms with Gasteiger partial charge in [0.15, 0.2) is 5.82 Å². The highest BCUT2D eigenvalue weighted by molar-refractivity contribution is 5.40. The zero-order valence-corrected chi connectivity index (χ0v) is 9.18. The zero-order valence-electron chi connectivity index (χ0n) is 9.18. The maximum absolute atomic E-state index is 5.66. The van der Waals surface area contributed by atoms with E-state index in [2.05, 4.69) is 20.1 Å². The Balaban J connectivity index is 1.93. The average Bonchev–Trinajstić information content (AvgIpc) is 2.85. The van der Waals surface area contributed by atoms with Gasteiger partial charge in [0.1, 0.15) is 0 Å². The van der Waals surface area contributed by atoms with E-state index >= 15 is 0 Å². The van der Waals surface area contributed by atoms with Gasteiger partial charge in [0.05, 0.1) is 0 Å². The van der Waals surface area contributed by atoms with Crippen LogP contribution in [0.25, 0.3) is 11.6 Å². The van der Waals surface area contributed by atoms with Crippen LogP contribution in [0.5, 0.6) is 0 Å². The molecule has 0 bridgehead atoms. The van der Waals surface area contributed by atoms with Gasteiger partial charge < -0.3 is 15.2 Å². The van der Waals surface area contributed by atoms with Gasteiger partial charge in [-0.3, -0.25) is 0 Å². The van der Waals surface area contributed by atoms with Crippen LogP contribution in [-0.2, 0) is 6.42 Å². The third-order valence-corrected chi connectivity index (χ3v) is 2.23. The van der Waals surface area contributed by atoms with Crippen LogP contribution < -0.4 is 5.73 Å². The summed E-state index contributed by atoms with van der Waals surface area (Å²) in [6.07, 6.45) is 6.05. The van der Waals surface area contributed by atoms with Crippen LogP contribution in [0.4, 0.5) is 0 Å². The molecule has 0 saturated carbocycles. The quantitative estimate of drug-likeness (QED) is 0.789. The van der Waals surface area contributed by atoms with Gasteiger partial charge in [0, 0.05) is 24.9 Å². The lowest BCUT2D eigenvalue weighted by atomic mass is 10.1. The van der Waals surface area contributed by atoms with Gasteiger partial charge in [-0.05, 0) is 19.8 Å². The minimum absolute atomic E-state index is 0.215. The smallest absolute Gasteiger partial charge is 0.238 e. The summed E-state index contributed by atoms with van der Waals surface area (Å²) in [6, 6.07) is 0.215. The Labute approximate surface area is 93.3 Å². The van der Waals surface area contributed by atoms with Gasteiger partial charge in [0.25, 0.3) is 0 Å². The van der Waals surface area contributed by atoms with Crippen molar-refractivity contribution in [1.29, 1.82) is 0 Å². The van der Waals surface area contributed by atoms with Crippen LogP contribution in [0, 0.1) is 0 Å². The summed E-state index contributed by atoms with van der Waals surface area (Å²) < 4.78 is 5.11. The SMILES string of the molecule is CC(N)CCCc1nc(-c2ncc[nH]2)no1. The summed E-state index contributed by atoms with van der Waals surface area (Å²) in [5.41, 5.74) is 5.66. The largest absolute Gasteiger partial charge is 0.342 e. The molecule has 0 aliphatic carbocycles. The van der Waals surface area contributed by atoms with Crippen LogP contribution in [0.1, 0.15) is 25.7 Å². The molecule has 2 aromatic heterocycles. The summed E-state index contributed by atoms with van der Waals surface area (Å²) in [7, 11) is 0. The maximum Gasteiger partial charge on any atom is 0.238 e. The fourth-order valence-electron chi connectivity index (χ4n) is 1.42.